The highest BCUT2D eigenvalue weighted by Crippen LogP contribution is 2.05. The van der Waals surface area contributed by atoms with Crippen LogP contribution >= 0.6 is 12.6 Å². The third-order valence-corrected chi connectivity index (χ3v) is 4.30. The summed E-state index contributed by atoms with van der Waals surface area (Å²) in [5, 5.41) is 7.54. The fourth-order valence-electron chi connectivity index (χ4n) is 2.21. The number of hydrogen-bond donors (Lipinski definition) is 6. The van der Waals surface area contributed by atoms with Gasteiger partial charge < -0.3 is 27.4 Å². The number of benzene rings is 1. The van der Waals surface area contributed by atoms with E-state index in [1.54, 1.807) is 24.3 Å². The molecule has 10 heteroatoms. The molecule has 1 rings (SSSR count). The van der Waals surface area contributed by atoms with Gasteiger partial charge in [0.05, 0.1) is 6.04 Å². The molecule has 0 heterocycles. The van der Waals surface area contributed by atoms with Crippen molar-refractivity contribution in [2.45, 2.75) is 44.4 Å². The smallest absolute Gasteiger partial charge is 0.244 e. The lowest BCUT2D eigenvalue weighted by Crippen LogP contribution is -2.58. The van der Waals surface area contributed by atoms with Gasteiger partial charge in [-0.3, -0.25) is 19.2 Å². The van der Waals surface area contributed by atoms with Gasteiger partial charge >= 0.3 is 0 Å². The molecule has 9 nitrogen and oxygen atoms in total. The number of nitrogens with one attached hydrogen (secondary N) is 3. The highest BCUT2D eigenvalue weighted by atomic mass is 32.1. The lowest BCUT2D eigenvalue weighted by molar-refractivity contribution is -0.133. The molecule has 0 spiro atoms. The van der Waals surface area contributed by atoms with Crippen molar-refractivity contribution in [2.24, 2.45) is 11.5 Å². The summed E-state index contributed by atoms with van der Waals surface area (Å²) in [6.07, 6.45) is 0.185. The Kier molecular flexibility index (Phi) is 9.46. The summed E-state index contributed by atoms with van der Waals surface area (Å²) in [6, 6.07) is 5.39. The molecule has 0 saturated carbocycles. The first kappa shape index (κ1) is 23.4. The topological polar surface area (TPSA) is 156 Å². The molecule has 28 heavy (non-hydrogen) atoms. The van der Waals surface area contributed by atoms with Crippen LogP contribution < -0.4 is 27.4 Å². The summed E-state index contributed by atoms with van der Waals surface area (Å²) in [5.74, 6) is -2.36. The lowest BCUT2D eigenvalue weighted by atomic mass is 10.0. The molecule has 0 saturated heterocycles. The van der Waals surface area contributed by atoms with Gasteiger partial charge in [0.2, 0.25) is 23.6 Å². The molecule has 0 aromatic heterocycles. The van der Waals surface area contributed by atoms with E-state index >= 15 is 0 Å². The Morgan fingerprint density at radius 1 is 0.929 bits per heavy atom. The number of amides is 4. The van der Waals surface area contributed by atoms with Crippen LogP contribution in [0, 0.1) is 0 Å². The summed E-state index contributed by atoms with van der Waals surface area (Å²) in [6.45, 7) is 2.93. The molecule has 0 aliphatic rings. The molecule has 0 fully saturated rings. The zero-order valence-electron chi connectivity index (χ0n) is 15.8. The van der Waals surface area contributed by atoms with Crippen LogP contribution in [0.1, 0.15) is 19.4 Å². The van der Waals surface area contributed by atoms with E-state index < -0.39 is 47.8 Å². The first-order chi connectivity index (χ1) is 13.1. The Balaban J connectivity index is 2.93. The molecule has 0 radical (unpaired) electrons. The molecule has 1 aromatic rings. The Morgan fingerprint density at radius 2 is 1.46 bits per heavy atom. The van der Waals surface area contributed by atoms with Crippen molar-refractivity contribution >= 4 is 36.3 Å². The normalized spacial score (nSPS) is 14.9. The van der Waals surface area contributed by atoms with Crippen LogP contribution in [0.3, 0.4) is 0 Å². The second kappa shape index (κ2) is 11.3. The monoisotopic (exact) mass is 409 g/mol. The maximum Gasteiger partial charge on any atom is 0.244 e. The van der Waals surface area contributed by atoms with Crippen LogP contribution in [0.5, 0.6) is 0 Å². The summed E-state index contributed by atoms with van der Waals surface area (Å²) in [7, 11) is 0. The van der Waals surface area contributed by atoms with E-state index in [4.69, 9.17) is 11.5 Å². The van der Waals surface area contributed by atoms with E-state index in [2.05, 4.69) is 28.6 Å². The Labute approximate surface area is 169 Å². The number of hydrogen-bond acceptors (Lipinski definition) is 6. The minimum absolute atomic E-state index is 0.0155. The van der Waals surface area contributed by atoms with Gasteiger partial charge in [0.15, 0.2) is 0 Å². The zero-order chi connectivity index (χ0) is 21.3. The number of nitrogens with two attached hydrogens (primary N) is 2. The maximum absolute atomic E-state index is 12.6. The molecule has 0 bridgehead atoms. The van der Waals surface area contributed by atoms with Gasteiger partial charge in [-0.25, -0.2) is 0 Å². The van der Waals surface area contributed by atoms with E-state index in [-0.39, 0.29) is 12.2 Å². The molecule has 0 aliphatic heterocycles. The van der Waals surface area contributed by atoms with Gasteiger partial charge in [-0.1, -0.05) is 30.3 Å². The fraction of sp³-hybridized carbons (Fsp3) is 0.444. The van der Waals surface area contributed by atoms with Crippen molar-refractivity contribution < 1.29 is 19.2 Å². The van der Waals surface area contributed by atoms with Gasteiger partial charge in [0.1, 0.15) is 18.1 Å². The molecular formula is C18H27N5O4S. The number of thiol groups is 1. The van der Waals surface area contributed by atoms with Gasteiger partial charge in [0.25, 0.3) is 0 Å². The van der Waals surface area contributed by atoms with E-state index in [9.17, 15) is 19.2 Å². The number of primary amides is 1. The standard InChI is InChI=1S/C18H27N5O4S/c1-10(19)16(25)23-14(9-28)18(27)22-13(8-12-6-4-3-5-7-12)17(26)21-11(2)15(20)24/h3-7,10-11,13-14,28H,8-9,19H2,1-2H3,(H2,20,24)(H,21,26)(H,22,27)(H,23,25)/t10-,11-,13-,14-/m0/s1. The summed E-state index contributed by atoms with van der Waals surface area (Å²) < 4.78 is 0. The number of rotatable bonds is 10. The minimum Gasteiger partial charge on any atom is -0.368 e. The van der Waals surface area contributed by atoms with Crippen molar-refractivity contribution in [3.05, 3.63) is 35.9 Å². The van der Waals surface area contributed by atoms with E-state index in [1.807, 2.05) is 6.07 Å². The van der Waals surface area contributed by atoms with Gasteiger partial charge in [0, 0.05) is 12.2 Å². The predicted molar refractivity (Wildman–Crippen MR) is 108 cm³/mol. The van der Waals surface area contributed by atoms with Crippen molar-refractivity contribution in [1.29, 1.82) is 0 Å². The zero-order valence-corrected chi connectivity index (χ0v) is 16.7. The third-order valence-electron chi connectivity index (χ3n) is 3.93. The van der Waals surface area contributed by atoms with Crippen LogP contribution in [0.15, 0.2) is 30.3 Å². The third kappa shape index (κ3) is 7.57. The predicted octanol–water partition coefficient (Wildman–Crippen LogP) is -1.53. The van der Waals surface area contributed by atoms with Crippen LogP contribution in [-0.2, 0) is 25.6 Å². The summed E-state index contributed by atoms with van der Waals surface area (Å²) >= 11 is 4.08. The van der Waals surface area contributed by atoms with Crippen LogP contribution in [0.4, 0.5) is 0 Å². The van der Waals surface area contributed by atoms with Crippen molar-refractivity contribution in [1.82, 2.24) is 16.0 Å². The van der Waals surface area contributed by atoms with E-state index in [0.717, 1.165) is 5.56 Å². The fourth-order valence-corrected chi connectivity index (χ4v) is 2.47. The Hall–Kier alpha value is -2.59. The second-order valence-electron chi connectivity index (χ2n) is 6.42. The second-order valence-corrected chi connectivity index (χ2v) is 6.78. The molecule has 0 unspecified atom stereocenters. The summed E-state index contributed by atoms with van der Waals surface area (Å²) in [4.78, 5) is 48.1. The summed E-state index contributed by atoms with van der Waals surface area (Å²) in [5.41, 5.74) is 11.5. The highest BCUT2D eigenvalue weighted by Gasteiger charge is 2.28. The Morgan fingerprint density at radius 3 is 1.96 bits per heavy atom. The molecule has 4 atom stereocenters. The molecular weight excluding hydrogens is 382 g/mol. The van der Waals surface area contributed by atoms with Crippen LogP contribution in [-0.4, -0.2) is 53.5 Å². The molecule has 1 aromatic carbocycles. The SMILES string of the molecule is C[C@H](N)C(=O)N[C@@H](CS)C(=O)N[C@@H](Cc1ccccc1)C(=O)N[C@@H](C)C(N)=O. The van der Waals surface area contributed by atoms with Crippen LogP contribution in [0.25, 0.3) is 0 Å². The van der Waals surface area contributed by atoms with Gasteiger partial charge in [-0.2, -0.15) is 12.6 Å². The largest absolute Gasteiger partial charge is 0.368 e. The average molecular weight is 410 g/mol. The first-order valence-corrected chi connectivity index (χ1v) is 9.39. The quantitative estimate of drug-likeness (QED) is 0.258. The maximum atomic E-state index is 12.6. The van der Waals surface area contributed by atoms with Gasteiger partial charge in [-0.15, -0.1) is 0 Å². The van der Waals surface area contributed by atoms with E-state index in [1.165, 1.54) is 13.8 Å². The lowest BCUT2D eigenvalue weighted by Gasteiger charge is -2.24. The molecule has 4 amide bonds. The van der Waals surface area contributed by atoms with Crippen LogP contribution in [0.2, 0.25) is 0 Å². The Bertz CT molecular complexity index is 698. The molecule has 154 valence electrons. The number of carbonyl (C=O) groups is 4. The van der Waals surface area contributed by atoms with Crippen molar-refractivity contribution in [3.8, 4) is 0 Å². The van der Waals surface area contributed by atoms with Crippen molar-refractivity contribution in [2.75, 3.05) is 5.75 Å². The first-order valence-electron chi connectivity index (χ1n) is 8.76. The minimum atomic E-state index is -0.980. The van der Waals surface area contributed by atoms with Crippen molar-refractivity contribution in [3.63, 3.8) is 0 Å². The van der Waals surface area contributed by atoms with E-state index in [0.29, 0.717) is 0 Å². The van der Waals surface area contributed by atoms with Gasteiger partial charge in [-0.05, 0) is 19.4 Å². The number of carbonyl (C=O) groups excluding carboxylic acids is 4. The molecule has 0 aliphatic carbocycles. The average Bonchev–Trinajstić information content (AvgIpc) is 2.65. The molecule has 7 N–H and O–H groups in total. The highest BCUT2D eigenvalue weighted by molar-refractivity contribution is 7.80.